The van der Waals surface area contributed by atoms with E-state index >= 15 is 0 Å². The SMILES string of the molecule is Cc1cccc(Nc2cc(NCCC#N)ncn2)c1C. The molecule has 0 aliphatic carbocycles. The summed E-state index contributed by atoms with van der Waals surface area (Å²) in [6.07, 6.45) is 1.95. The maximum absolute atomic E-state index is 8.52. The topological polar surface area (TPSA) is 73.6 Å². The van der Waals surface area contributed by atoms with Gasteiger partial charge < -0.3 is 10.6 Å². The van der Waals surface area contributed by atoms with Gasteiger partial charge in [0.2, 0.25) is 0 Å². The quantitative estimate of drug-likeness (QED) is 0.814. The molecule has 0 amide bonds. The van der Waals surface area contributed by atoms with Gasteiger partial charge >= 0.3 is 0 Å². The van der Waals surface area contributed by atoms with Crippen molar-refractivity contribution >= 4 is 17.3 Å². The zero-order valence-corrected chi connectivity index (χ0v) is 11.6. The summed E-state index contributed by atoms with van der Waals surface area (Å²) in [4.78, 5) is 8.33. The van der Waals surface area contributed by atoms with Crippen molar-refractivity contribution in [1.82, 2.24) is 9.97 Å². The molecule has 1 heterocycles. The Labute approximate surface area is 118 Å². The third-order valence-corrected chi connectivity index (χ3v) is 3.08. The summed E-state index contributed by atoms with van der Waals surface area (Å²) in [5.41, 5.74) is 3.47. The number of rotatable bonds is 5. The number of nitrogens with zero attached hydrogens (tertiary/aromatic N) is 3. The smallest absolute Gasteiger partial charge is 0.135 e. The van der Waals surface area contributed by atoms with E-state index in [4.69, 9.17) is 5.26 Å². The van der Waals surface area contributed by atoms with E-state index in [0.29, 0.717) is 18.8 Å². The number of nitrogens with one attached hydrogen (secondary N) is 2. The molecule has 1 aromatic heterocycles. The Kier molecular flexibility index (Phi) is 4.51. The van der Waals surface area contributed by atoms with Crippen LogP contribution in [-0.4, -0.2) is 16.5 Å². The number of aryl methyl sites for hydroxylation is 1. The third-order valence-electron chi connectivity index (χ3n) is 3.08. The van der Waals surface area contributed by atoms with Crippen molar-refractivity contribution in [2.45, 2.75) is 20.3 Å². The summed E-state index contributed by atoms with van der Waals surface area (Å²) in [5.74, 6) is 1.44. The Balaban J connectivity index is 2.11. The van der Waals surface area contributed by atoms with Gasteiger partial charge in [-0.3, -0.25) is 0 Å². The van der Waals surface area contributed by atoms with E-state index in [9.17, 15) is 0 Å². The fourth-order valence-electron chi connectivity index (χ4n) is 1.79. The highest BCUT2D eigenvalue weighted by Gasteiger charge is 2.03. The van der Waals surface area contributed by atoms with Gasteiger partial charge in [0.05, 0.1) is 12.5 Å². The van der Waals surface area contributed by atoms with Crippen molar-refractivity contribution < 1.29 is 0 Å². The van der Waals surface area contributed by atoms with Gasteiger partial charge in [-0.25, -0.2) is 9.97 Å². The Morgan fingerprint density at radius 3 is 2.80 bits per heavy atom. The molecule has 2 N–H and O–H groups in total. The van der Waals surface area contributed by atoms with Gasteiger partial charge in [-0.2, -0.15) is 5.26 Å². The summed E-state index contributed by atoms with van der Waals surface area (Å²) in [7, 11) is 0. The van der Waals surface area contributed by atoms with Crippen LogP contribution in [-0.2, 0) is 0 Å². The summed E-state index contributed by atoms with van der Waals surface area (Å²) in [6, 6.07) is 10.0. The molecule has 0 aliphatic rings. The monoisotopic (exact) mass is 267 g/mol. The van der Waals surface area contributed by atoms with E-state index < -0.39 is 0 Å². The van der Waals surface area contributed by atoms with Crippen LogP contribution in [0.4, 0.5) is 17.3 Å². The lowest BCUT2D eigenvalue weighted by molar-refractivity contribution is 1.04. The maximum atomic E-state index is 8.52. The molecule has 0 aliphatic heterocycles. The normalized spacial score (nSPS) is 9.85. The molecule has 5 heteroatoms. The molecule has 1 aromatic carbocycles. The molecule has 0 bridgehead atoms. The molecule has 102 valence electrons. The largest absolute Gasteiger partial charge is 0.369 e. The molecule has 0 radical (unpaired) electrons. The lowest BCUT2D eigenvalue weighted by Gasteiger charge is -2.11. The van der Waals surface area contributed by atoms with Gasteiger partial charge in [-0.1, -0.05) is 12.1 Å². The van der Waals surface area contributed by atoms with Gasteiger partial charge in [-0.15, -0.1) is 0 Å². The molecule has 0 unspecified atom stereocenters. The Morgan fingerprint density at radius 1 is 1.20 bits per heavy atom. The summed E-state index contributed by atoms with van der Waals surface area (Å²) >= 11 is 0. The van der Waals surface area contributed by atoms with Crippen molar-refractivity contribution in [3.63, 3.8) is 0 Å². The maximum Gasteiger partial charge on any atom is 0.135 e. The van der Waals surface area contributed by atoms with Gasteiger partial charge in [0, 0.05) is 18.3 Å². The first kappa shape index (κ1) is 13.8. The van der Waals surface area contributed by atoms with Crippen molar-refractivity contribution in [2.75, 3.05) is 17.2 Å². The van der Waals surface area contributed by atoms with Crippen molar-refractivity contribution in [3.05, 3.63) is 41.7 Å². The first-order chi connectivity index (χ1) is 9.70. The molecule has 2 aromatic rings. The molecule has 0 saturated heterocycles. The van der Waals surface area contributed by atoms with E-state index in [1.54, 1.807) is 0 Å². The van der Waals surface area contributed by atoms with E-state index in [2.05, 4.69) is 46.6 Å². The minimum Gasteiger partial charge on any atom is -0.369 e. The fraction of sp³-hybridized carbons (Fsp3) is 0.267. The first-order valence-corrected chi connectivity index (χ1v) is 6.47. The van der Waals surface area contributed by atoms with Crippen LogP contribution < -0.4 is 10.6 Å². The Morgan fingerprint density at radius 2 is 2.00 bits per heavy atom. The van der Waals surface area contributed by atoms with Crippen LogP contribution >= 0.6 is 0 Å². The van der Waals surface area contributed by atoms with E-state index in [0.717, 1.165) is 11.5 Å². The third kappa shape index (κ3) is 3.45. The van der Waals surface area contributed by atoms with Crippen LogP contribution in [0, 0.1) is 25.2 Å². The minimum absolute atomic E-state index is 0.448. The molecular formula is C15H17N5. The van der Waals surface area contributed by atoms with Crippen LogP contribution in [0.25, 0.3) is 0 Å². The highest BCUT2D eigenvalue weighted by Crippen LogP contribution is 2.22. The molecular weight excluding hydrogens is 250 g/mol. The standard InChI is InChI=1S/C15H17N5/c1-11-5-3-6-13(12(11)2)20-15-9-14(18-10-19-15)17-8-4-7-16/h3,5-6,9-10H,4,8H2,1-2H3,(H2,17,18,19,20). The van der Waals surface area contributed by atoms with Gasteiger partial charge in [0.25, 0.3) is 0 Å². The molecule has 0 atom stereocenters. The molecule has 20 heavy (non-hydrogen) atoms. The van der Waals surface area contributed by atoms with Crippen molar-refractivity contribution in [1.29, 1.82) is 5.26 Å². The summed E-state index contributed by atoms with van der Waals surface area (Å²) < 4.78 is 0. The highest BCUT2D eigenvalue weighted by atomic mass is 15.1. The Hall–Kier alpha value is -2.61. The second-order valence-electron chi connectivity index (χ2n) is 4.50. The van der Waals surface area contributed by atoms with Crippen LogP contribution in [0.2, 0.25) is 0 Å². The minimum atomic E-state index is 0.448. The average molecular weight is 267 g/mol. The van der Waals surface area contributed by atoms with Gasteiger partial charge in [0.15, 0.2) is 0 Å². The van der Waals surface area contributed by atoms with Crippen molar-refractivity contribution in [3.8, 4) is 6.07 Å². The van der Waals surface area contributed by atoms with Crippen LogP contribution in [0.3, 0.4) is 0 Å². The zero-order valence-electron chi connectivity index (χ0n) is 11.6. The van der Waals surface area contributed by atoms with Crippen molar-refractivity contribution in [2.24, 2.45) is 0 Å². The summed E-state index contributed by atoms with van der Waals surface area (Å²) in [6.45, 7) is 4.73. The predicted molar refractivity (Wildman–Crippen MR) is 80.0 cm³/mol. The van der Waals surface area contributed by atoms with Gasteiger partial charge in [0.1, 0.15) is 18.0 Å². The van der Waals surface area contributed by atoms with Gasteiger partial charge in [-0.05, 0) is 31.0 Å². The number of anilines is 3. The molecule has 0 saturated carbocycles. The highest BCUT2D eigenvalue weighted by molar-refractivity contribution is 5.63. The fourth-order valence-corrected chi connectivity index (χ4v) is 1.79. The number of aromatic nitrogens is 2. The molecule has 5 nitrogen and oxygen atoms in total. The summed E-state index contributed by atoms with van der Waals surface area (Å²) in [5, 5.41) is 14.9. The molecule has 2 rings (SSSR count). The second-order valence-corrected chi connectivity index (χ2v) is 4.50. The predicted octanol–water partition coefficient (Wildman–Crippen LogP) is 3.16. The van der Waals surface area contributed by atoms with E-state index in [1.165, 1.54) is 17.5 Å². The van der Waals surface area contributed by atoms with E-state index in [-0.39, 0.29) is 0 Å². The van der Waals surface area contributed by atoms with Crippen LogP contribution in [0.1, 0.15) is 17.5 Å². The average Bonchev–Trinajstić information content (AvgIpc) is 2.45. The molecule has 0 fully saturated rings. The number of hydrogen-bond acceptors (Lipinski definition) is 5. The van der Waals surface area contributed by atoms with E-state index in [1.807, 2.05) is 18.2 Å². The number of hydrogen-bond donors (Lipinski definition) is 2. The second kappa shape index (κ2) is 6.53. The lowest BCUT2D eigenvalue weighted by atomic mass is 10.1. The zero-order chi connectivity index (χ0) is 14.4. The first-order valence-electron chi connectivity index (χ1n) is 6.47. The lowest BCUT2D eigenvalue weighted by Crippen LogP contribution is -2.04. The number of nitriles is 1. The molecule has 0 spiro atoms. The Bertz CT molecular complexity index is 630. The van der Waals surface area contributed by atoms with Crippen LogP contribution in [0.5, 0.6) is 0 Å². The van der Waals surface area contributed by atoms with Crippen LogP contribution in [0.15, 0.2) is 30.6 Å². The number of benzene rings is 1.